The standard InChI is InChI=1S/C17H18FN9O3/c18-12-3-1-11(2-4-12)9-20-22-17(28)14-13(10-26-5-7-29-8-6-26)21-25-27(14)16-15(19)23-30-24-16/h1-4,9H,5-8,10H2,(H2,19,23)(H,22,28)/b20-9+. The highest BCUT2D eigenvalue weighted by Crippen LogP contribution is 2.17. The van der Waals surface area contributed by atoms with Crippen molar-refractivity contribution in [2.24, 2.45) is 5.10 Å². The number of carbonyl (C=O) groups is 1. The first-order valence-electron chi connectivity index (χ1n) is 9.04. The number of aromatic nitrogens is 5. The molecule has 30 heavy (non-hydrogen) atoms. The number of benzene rings is 1. The van der Waals surface area contributed by atoms with Crippen molar-refractivity contribution in [2.45, 2.75) is 6.54 Å². The molecule has 0 unspecified atom stereocenters. The summed E-state index contributed by atoms with van der Waals surface area (Å²) in [5, 5.41) is 19.2. The molecule has 0 bridgehead atoms. The summed E-state index contributed by atoms with van der Waals surface area (Å²) in [4.78, 5) is 15.0. The molecule has 4 rings (SSSR count). The summed E-state index contributed by atoms with van der Waals surface area (Å²) in [6.07, 6.45) is 1.39. The molecule has 0 radical (unpaired) electrons. The largest absolute Gasteiger partial charge is 0.379 e. The van der Waals surface area contributed by atoms with Gasteiger partial charge in [-0.15, -0.1) is 5.10 Å². The number of rotatable bonds is 6. The van der Waals surface area contributed by atoms with E-state index in [2.05, 4.69) is 40.7 Å². The van der Waals surface area contributed by atoms with E-state index in [1.165, 1.54) is 30.5 Å². The van der Waals surface area contributed by atoms with Crippen LogP contribution in [0, 0.1) is 5.82 Å². The van der Waals surface area contributed by atoms with Gasteiger partial charge in [0.05, 0.1) is 19.4 Å². The van der Waals surface area contributed by atoms with Gasteiger partial charge in [-0.25, -0.2) is 14.4 Å². The van der Waals surface area contributed by atoms with Crippen LogP contribution in [-0.4, -0.2) is 68.6 Å². The Hall–Kier alpha value is -3.71. The third-order valence-electron chi connectivity index (χ3n) is 4.38. The minimum atomic E-state index is -0.580. The molecule has 156 valence electrons. The van der Waals surface area contributed by atoms with E-state index in [1.807, 2.05) is 0 Å². The molecule has 3 N–H and O–H groups in total. The summed E-state index contributed by atoms with van der Waals surface area (Å²) in [6, 6.07) is 5.65. The molecule has 1 saturated heterocycles. The zero-order valence-electron chi connectivity index (χ0n) is 15.7. The number of hydrogen-bond donors (Lipinski definition) is 2. The van der Waals surface area contributed by atoms with Gasteiger partial charge >= 0.3 is 0 Å². The predicted molar refractivity (Wildman–Crippen MR) is 101 cm³/mol. The number of nitrogens with two attached hydrogens (primary N) is 1. The first kappa shape index (κ1) is 19.6. The van der Waals surface area contributed by atoms with Crippen molar-refractivity contribution in [1.82, 2.24) is 35.6 Å². The van der Waals surface area contributed by atoms with E-state index >= 15 is 0 Å². The molecule has 13 heteroatoms. The highest BCUT2D eigenvalue weighted by Gasteiger charge is 2.26. The van der Waals surface area contributed by atoms with Crippen LogP contribution >= 0.6 is 0 Å². The molecule has 2 aromatic heterocycles. The molecule has 3 heterocycles. The summed E-state index contributed by atoms with van der Waals surface area (Å²) in [5.74, 6) is -0.938. The molecule has 0 aliphatic carbocycles. The molecule has 1 aromatic carbocycles. The molecule has 12 nitrogen and oxygen atoms in total. The van der Waals surface area contributed by atoms with Gasteiger partial charge in [0.25, 0.3) is 5.91 Å². The second kappa shape index (κ2) is 8.75. The Morgan fingerprint density at radius 3 is 2.73 bits per heavy atom. The SMILES string of the molecule is Nc1nonc1-n1nnc(CN2CCOCC2)c1C(=O)N/N=C/c1ccc(F)cc1. The lowest BCUT2D eigenvalue weighted by atomic mass is 10.2. The number of ether oxygens (including phenoxy) is 1. The van der Waals surface area contributed by atoms with Crippen LogP contribution in [0.3, 0.4) is 0 Å². The number of nitrogens with one attached hydrogen (secondary N) is 1. The molecular weight excluding hydrogens is 397 g/mol. The summed E-state index contributed by atoms with van der Waals surface area (Å²) in [5.41, 5.74) is 9.29. The van der Waals surface area contributed by atoms with Crippen molar-refractivity contribution < 1.29 is 18.6 Å². The van der Waals surface area contributed by atoms with Gasteiger partial charge in [0.1, 0.15) is 11.5 Å². The molecule has 1 fully saturated rings. The second-order valence-corrected chi connectivity index (χ2v) is 6.41. The Morgan fingerprint density at radius 2 is 2.03 bits per heavy atom. The minimum Gasteiger partial charge on any atom is -0.379 e. The normalized spacial score (nSPS) is 15.0. The summed E-state index contributed by atoms with van der Waals surface area (Å²) >= 11 is 0. The molecule has 0 atom stereocenters. The fraction of sp³-hybridized carbons (Fsp3) is 0.294. The van der Waals surface area contributed by atoms with E-state index in [1.54, 1.807) is 0 Å². The van der Waals surface area contributed by atoms with Crippen LogP contribution < -0.4 is 11.2 Å². The van der Waals surface area contributed by atoms with Crippen LogP contribution in [0.5, 0.6) is 0 Å². The highest BCUT2D eigenvalue weighted by molar-refractivity contribution is 5.95. The average molecular weight is 415 g/mol. The maximum Gasteiger partial charge on any atom is 0.292 e. The maximum absolute atomic E-state index is 13.0. The molecule has 1 amide bonds. The van der Waals surface area contributed by atoms with Crippen LogP contribution in [0.2, 0.25) is 0 Å². The predicted octanol–water partition coefficient (Wildman–Crippen LogP) is -0.0323. The van der Waals surface area contributed by atoms with Gasteiger partial charge in [0.15, 0.2) is 5.69 Å². The van der Waals surface area contributed by atoms with Gasteiger partial charge in [-0.3, -0.25) is 9.69 Å². The van der Waals surface area contributed by atoms with Gasteiger partial charge in [-0.1, -0.05) is 17.3 Å². The van der Waals surface area contributed by atoms with Gasteiger partial charge in [-0.05, 0) is 28.0 Å². The maximum atomic E-state index is 13.0. The van der Waals surface area contributed by atoms with Crippen LogP contribution in [0.15, 0.2) is 34.0 Å². The minimum absolute atomic E-state index is 0.0401. The van der Waals surface area contributed by atoms with Crippen molar-refractivity contribution in [3.8, 4) is 5.82 Å². The number of hydrogen-bond acceptors (Lipinski definition) is 10. The lowest BCUT2D eigenvalue weighted by Crippen LogP contribution is -2.36. The van der Waals surface area contributed by atoms with Crippen molar-refractivity contribution in [2.75, 3.05) is 32.0 Å². The van der Waals surface area contributed by atoms with E-state index in [0.29, 0.717) is 44.1 Å². The fourth-order valence-electron chi connectivity index (χ4n) is 2.87. The first-order chi connectivity index (χ1) is 14.6. The van der Waals surface area contributed by atoms with Gasteiger partial charge in [0.2, 0.25) is 11.6 Å². The quantitative estimate of drug-likeness (QED) is 0.418. The third kappa shape index (κ3) is 4.31. The number of halogens is 1. The molecule has 1 aliphatic heterocycles. The Morgan fingerprint density at radius 1 is 1.27 bits per heavy atom. The lowest BCUT2D eigenvalue weighted by molar-refractivity contribution is 0.0335. The number of amides is 1. The number of morpholine rings is 1. The summed E-state index contributed by atoms with van der Waals surface area (Å²) in [7, 11) is 0. The fourth-order valence-corrected chi connectivity index (χ4v) is 2.87. The number of hydrazone groups is 1. The molecular formula is C17H18FN9O3. The smallest absolute Gasteiger partial charge is 0.292 e. The van der Waals surface area contributed by atoms with Crippen LogP contribution in [-0.2, 0) is 11.3 Å². The molecule has 1 aliphatic rings. The van der Waals surface area contributed by atoms with E-state index in [-0.39, 0.29) is 23.1 Å². The van der Waals surface area contributed by atoms with E-state index < -0.39 is 5.91 Å². The van der Waals surface area contributed by atoms with Crippen LogP contribution in [0.1, 0.15) is 21.7 Å². The zero-order chi connectivity index (χ0) is 20.9. The van der Waals surface area contributed by atoms with Gasteiger partial charge < -0.3 is 10.5 Å². The van der Waals surface area contributed by atoms with Crippen molar-refractivity contribution >= 4 is 17.9 Å². The van der Waals surface area contributed by atoms with Crippen LogP contribution in [0.25, 0.3) is 5.82 Å². The average Bonchev–Trinajstić information content (AvgIpc) is 3.36. The zero-order valence-corrected chi connectivity index (χ0v) is 15.7. The van der Waals surface area contributed by atoms with Crippen LogP contribution in [0.4, 0.5) is 10.2 Å². The Labute approximate surface area is 169 Å². The number of nitrogens with zero attached hydrogens (tertiary/aromatic N) is 7. The first-order valence-corrected chi connectivity index (χ1v) is 9.04. The molecule has 0 saturated carbocycles. The number of anilines is 1. The molecule has 3 aromatic rings. The number of carbonyl (C=O) groups excluding carboxylic acids is 1. The van der Waals surface area contributed by atoms with E-state index in [0.717, 1.165) is 4.68 Å². The lowest BCUT2D eigenvalue weighted by Gasteiger charge is -2.25. The third-order valence-corrected chi connectivity index (χ3v) is 4.38. The van der Waals surface area contributed by atoms with E-state index in [4.69, 9.17) is 10.5 Å². The second-order valence-electron chi connectivity index (χ2n) is 6.41. The monoisotopic (exact) mass is 415 g/mol. The summed E-state index contributed by atoms with van der Waals surface area (Å²) in [6.45, 7) is 2.96. The number of nitrogen functional groups attached to an aromatic ring is 1. The molecule has 0 spiro atoms. The van der Waals surface area contributed by atoms with E-state index in [9.17, 15) is 9.18 Å². The Bertz CT molecular complexity index is 1040. The van der Waals surface area contributed by atoms with Gasteiger partial charge in [-0.2, -0.15) is 9.78 Å². The van der Waals surface area contributed by atoms with Crippen molar-refractivity contribution in [3.05, 3.63) is 47.0 Å². The summed E-state index contributed by atoms with van der Waals surface area (Å²) < 4.78 is 24.1. The van der Waals surface area contributed by atoms with Crippen molar-refractivity contribution in [3.63, 3.8) is 0 Å². The Balaban J connectivity index is 1.58. The highest BCUT2D eigenvalue weighted by atomic mass is 19.1. The van der Waals surface area contributed by atoms with Crippen molar-refractivity contribution in [1.29, 1.82) is 0 Å². The Kier molecular flexibility index (Phi) is 5.72. The topological polar surface area (TPSA) is 150 Å². The van der Waals surface area contributed by atoms with Gasteiger partial charge in [0, 0.05) is 19.6 Å².